The molecule has 134 valence electrons. The van der Waals surface area contributed by atoms with Crippen LogP contribution in [0.3, 0.4) is 0 Å². The predicted molar refractivity (Wildman–Crippen MR) is 102 cm³/mol. The van der Waals surface area contributed by atoms with Crippen molar-refractivity contribution in [3.8, 4) is 11.1 Å². The van der Waals surface area contributed by atoms with Crippen LogP contribution in [0.5, 0.6) is 0 Å². The Hall–Kier alpha value is -2.66. The Balaban J connectivity index is 1.49. The Morgan fingerprint density at radius 2 is 1.77 bits per heavy atom. The Morgan fingerprint density at radius 3 is 2.62 bits per heavy atom. The third-order valence-electron chi connectivity index (χ3n) is 5.34. The van der Waals surface area contributed by atoms with E-state index in [1.54, 1.807) is 0 Å². The highest BCUT2D eigenvalue weighted by Crippen LogP contribution is 2.29. The molecule has 2 aliphatic heterocycles. The van der Waals surface area contributed by atoms with E-state index in [-0.39, 0.29) is 23.9 Å². The van der Waals surface area contributed by atoms with Crippen molar-refractivity contribution < 1.29 is 9.59 Å². The molecule has 0 aromatic heterocycles. The number of para-hydroxylation sites is 1. The van der Waals surface area contributed by atoms with E-state index in [9.17, 15) is 9.59 Å². The summed E-state index contributed by atoms with van der Waals surface area (Å²) in [5.74, 6) is 0.0664. The first-order valence-corrected chi connectivity index (χ1v) is 9.17. The van der Waals surface area contributed by atoms with Crippen LogP contribution in [0.1, 0.15) is 19.3 Å². The highest BCUT2D eigenvalue weighted by Gasteiger charge is 2.38. The lowest BCUT2D eigenvalue weighted by atomic mass is 10.0. The average Bonchev–Trinajstić information content (AvgIpc) is 2.94. The number of anilines is 1. The van der Waals surface area contributed by atoms with Crippen molar-refractivity contribution in [2.75, 3.05) is 18.4 Å². The van der Waals surface area contributed by atoms with E-state index in [0.29, 0.717) is 19.5 Å². The molecule has 0 spiro atoms. The van der Waals surface area contributed by atoms with Crippen LogP contribution in [0, 0.1) is 0 Å². The van der Waals surface area contributed by atoms with E-state index in [1.807, 2.05) is 54.6 Å². The van der Waals surface area contributed by atoms with Crippen LogP contribution in [0.15, 0.2) is 54.6 Å². The lowest BCUT2D eigenvalue weighted by Gasteiger charge is -2.26. The van der Waals surface area contributed by atoms with Crippen molar-refractivity contribution in [2.45, 2.75) is 31.3 Å². The van der Waals surface area contributed by atoms with Crippen LogP contribution in [0.25, 0.3) is 11.1 Å². The molecule has 2 unspecified atom stereocenters. The van der Waals surface area contributed by atoms with Gasteiger partial charge >= 0.3 is 0 Å². The lowest BCUT2D eigenvalue weighted by molar-refractivity contribution is -0.122. The molecule has 4 rings (SSSR count). The summed E-state index contributed by atoms with van der Waals surface area (Å²) in [5, 5.41) is 6.02. The molecule has 0 saturated carbocycles. The minimum absolute atomic E-state index is 0.0281. The van der Waals surface area contributed by atoms with Crippen molar-refractivity contribution in [3.63, 3.8) is 0 Å². The number of fused-ring (bicyclic) bond motifs is 2. The van der Waals surface area contributed by atoms with Crippen LogP contribution < -0.4 is 10.6 Å². The molecule has 2 bridgehead atoms. The maximum absolute atomic E-state index is 12.7. The summed E-state index contributed by atoms with van der Waals surface area (Å²) in [6.07, 6.45) is 2.52. The second kappa shape index (κ2) is 7.30. The van der Waals surface area contributed by atoms with Crippen LogP contribution in [-0.2, 0) is 9.59 Å². The topological polar surface area (TPSA) is 61.4 Å². The van der Waals surface area contributed by atoms with Crippen molar-refractivity contribution in [2.24, 2.45) is 0 Å². The first-order chi connectivity index (χ1) is 12.7. The van der Waals surface area contributed by atoms with E-state index in [0.717, 1.165) is 29.7 Å². The molecule has 2 fully saturated rings. The molecule has 2 atom stereocenters. The normalized spacial score (nSPS) is 22.5. The SMILES string of the molecule is O=C1CC2CCC(CN1)N2CC(=O)Nc1ccccc1-c1ccccc1. The summed E-state index contributed by atoms with van der Waals surface area (Å²) in [6.45, 7) is 0.969. The van der Waals surface area contributed by atoms with E-state index in [2.05, 4.69) is 15.5 Å². The Kier molecular flexibility index (Phi) is 4.71. The van der Waals surface area contributed by atoms with Gasteiger partial charge in [-0.05, 0) is 24.5 Å². The van der Waals surface area contributed by atoms with Crippen molar-refractivity contribution in [1.29, 1.82) is 0 Å². The Bertz CT molecular complexity index is 806. The molecule has 26 heavy (non-hydrogen) atoms. The van der Waals surface area contributed by atoms with Gasteiger partial charge in [0.25, 0.3) is 0 Å². The second-order valence-corrected chi connectivity index (χ2v) is 7.03. The Labute approximate surface area is 153 Å². The van der Waals surface area contributed by atoms with Crippen molar-refractivity contribution in [1.82, 2.24) is 10.2 Å². The number of carbonyl (C=O) groups is 2. The maximum atomic E-state index is 12.7. The standard InChI is InChI=1S/C21H23N3O2/c25-20-12-16-10-11-17(13-22-20)24(16)14-21(26)23-19-9-5-4-8-18(19)15-6-2-1-3-7-15/h1-9,16-17H,10-14H2,(H,22,25)(H,23,26). The fraction of sp³-hybridized carbons (Fsp3) is 0.333. The number of rotatable bonds is 4. The highest BCUT2D eigenvalue weighted by molar-refractivity contribution is 5.96. The van der Waals surface area contributed by atoms with Gasteiger partial charge in [-0.25, -0.2) is 0 Å². The van der Waals surface area contributed by atoms with E-state index >= 15 is 0 Å². The van der Waals surface area contributed by atoms with Gasteiger partial charge in [-0.1, -0.05) is 48.5 Å². The first-order valence-electron chi connectivity index (χ1n) is 9.17. The van der Waals surface area contributed by atoms with Gasteiger partial charge in [-0.3, -0.25) is 14.5 Å². The zero-order chi connectivity index (χ0) is 17.9. The summed E-state index contributed by atoms with van der Waals surface area (Å²) in [6, 6.07) is 18.3. The van der Waals surface area contributed by atoms with Gasteiger partial charge < -0.3 is 10.6 Å². The van der Waals surface area contributed by atoms with Gasteiger partial charge in [0.1, 0.15) is 0 Å². The molecule has 2 aromatic rings. The molecule has 0 aliphatic carbocycles. The maximum Gasteiger partial charge on any atom is 0.238 e. The quantitative estimate of drug-likeness (QED) is 0.892. The third kappa shape index (κ3) is 3.48. The molecule has 5 heteroatoms. The second-order valence-electron chi connectivity index (χ2n) is 7.03. The molecule has 2 saturated heterocycles. The fourth-order valence-electron chi connectivity index (χ4n) is 4.05. The summed E-state index contributed by atoms with van der Waals surface area (Å²) in [4.78, 5) is 26.7. The molecular weight excluding hydrogens is 326 g/mol. The molecule has 2 N–H and O–H groups in total. The molecule has 0 radical (unpaired) electrons. The molecule has 5 nitrogen and oxygen atoms in total. The summed E-state index contributed by atoms with van der Waals surface area (Å²) in [5.41, 5.74) is 2.91. The lowest BCUT2D eigenvalue weighted by Crippen LogP contribution is -2.42. The van der Waals surface area contributed by atoms with Crippen molar-refractivity contribution >= 4 is 17.5 Å². The van der Waals surface area contributed by atoms with Crippen molar-refractivity contribution in [3.05, 3.63) is 54.6 Å². The monoisotopic (exact) mass is 349 g/mol. The highest BCUT2D eigenvalue weighted by atomic mass is 16.2. The summed E-state index contributed by atoms with van der Waals surface area (Å²) in [7, 11) is 0. The third-order valence-corrected chi connectivity index (χ3v) is 5.34. The molecule has 2 amide bonds. The van der Waals surface area contributed by atoms with Gasteiger partial charge in [0.2, 0.25) is 11.8 Å². The van der Waals surface area contributed by atoms with E-state index < -0.39 is 0 Å². The number of carbonyl (C=O) groups excluding carboxylic acids is 2. The summed E-state index contributed by atoms with van der Waals surface area (Å²) < 4.78 is 0. The van der Waals surface area contributed by atoms with Gasteiger partial charge in [-0.15, -0.1) is 0 Å². The van der Waals surface area contributed by atoms with Crippen LogP contribution in [0.2, 0.25) is 0 Å². The summed E-state index contributed by atoms with van der Waals surface area (Å²) >= 11 is 0. The van der Waals surface area contributed by atoms with E-state index in [1.165, 1.54) is 0 Å². The van der Waals surface area contributed by atoms with Gasteiger partial charge in [0.15, 0.2) is 0 Å². The number of nitrogens with zero attached hydrogens (tertiary/aromatic N) is 1. The molecule has 2 aromatic carbocycles. The van der Waals surface area contributed by atoms with E-state index in [4.69, 9.17) is 0 Å². The van der Waals surface area contributed by atoms with Crippen LogP contribution in [0.4, 0.5) is 5.69 Å². The fourth-order valence-corrected chi connectivity index (χ4v) is 4.05. The predicted octanol–water partition coefficient (Wildman–Crippen LogP) is 2.65. The number of hydrogen-bond donors (Lipinski definition) is 2. The van der Waals surface area contributed by atoms with Crippen LogP contribution in [-0.4, -0.2) is 41.9 Å². The average molecular weight is 349 g/mol. The number of benzene rings is 2. The zero-order valence-electron chi connectivity index (χ0n) is 14.7. The molecule has 2 aliphatic rings. The minimum atomic E-state index is -0.0281. The zero-order valence-corrected chi connectivity index (χ0v) is 14.7. The Morgan fingerprint density at radius 1 is 1.04 bits per heavy atom. The van der Waals surface area contributed by atoms with Crippen LogP contribution >= 0.6 is 0 Å². The van der Waals surface area contributed by atoms with Gasteiger partial charge in [0, 0.05) is 36.3 Å². The minimum Gasteiger partial charge on any atom is -0.354 e. The largest absolute Gasteiger partial charge is 0.354 e. The molecule has 2 heterocycles. The molecular formula is C21H23N3O2. The number of hydrogen-bond acceptors (Lipinski definition) is 3. The number of amides is 2. The smallest absolute Gasteiger partial charge is 0.238 e. The van der Waals surface area contributed by atoms with Gasteiger partial charge in [-0.2, -0.15) is 0 Å². The first kappa shape index (κ1) is 16.8. The van der Waals surface area contributed by atoms with Gasteiger partial charge in [0.05, 0.1) is 6.54 Å². The number of nitrogens with one attached hydrogen (secondary N) is 2.